The number of hydrogen-bond donors (Lipinski definition) is 1. The van der Waals surface area contributed by atoms with E-state index in [1.807, 2.05) is 50.2 Å². The average molecular weight is 488 g/mol. The number of nitrogens with one attached hydrogen (secondary N) is 1. The van der Waals surface area contributed by atoms with Crippen LogP contribution >= 0.6 is 15.9 Å². The van der Waals surface area contributed by atoms with Gasteiger partial charge in [0.25, 0.3) is 5.91 Å². The molecule has 1 unspecified atom stereocenters. The Balaban J connectivity index is 1.74. The number of benzene rings is 2. The molecule has 8 heteroatoms. The summed E-state index contributed by atoms with van der Waals surface area (Å²) in [6.45, 7) is 6.07. The van der Waals surface area contributed by atoms with Crippen LogP contribution in [0.2, 0.25) is 0 Å². The van der Waals surface area contributed by atoms with E-state index in [9.17, 15) is 4.79 Å². The first-order valence-corrected chi connectivity index (χ1v) is 10.6. The molecule has 1 amide bonds. The van der Waals surface area contributed by atoms with Crippen molar-refractivity contribution < 1.29 is 19.0 Å². The smallest absolute Gasteiger partial charge is 0.266 e. The van der Waals surface area contributed by atoms with Crippen molar-refractivity contribution in [3.05, 3.63) is 63.8 Å². The number of aryl methyl sites for hydroxylation is 2. The first-order valence-electron chi connectivity index (χ1n) is 9.79. The number of aromatic nitrogens is 2. The minimum absolute atomic E-state index is 0.260. The Morgan fingerprint density at radius 2 is 1.81 bits per heavy atom. The number of nitrogens with zero attached hydrogens (tertiary/aromatic N) is 2. The molecule has 1 atom stereocenters. The molecule has 0 aliphatic heterocycles. The molecule has 0 aliphatic carbocycles. The monoisotopic (exact) mass is 487 g/mol. The number of hydrogen-bond acceptors (Lipinski definition) is 5. The summed E-state index contributed by atoms with van der Waals surface area (Å²) >= 11 is 3.48. The maximum atomic E-state index is 12.8. The summed E-state index contributed by atoms with van der Waals surface area (Å²) in [4.78, 5) is 12.8. The van der Waals surface area contributed by atoms with Crippen molar-refractivity contribution in [2.45, 2.75) is 33.4 Å². The molecule has 0 bridgehead atoms. The van der Waals surface area contributed by atoms with E-state index in [2.05, 4.69) is 26.3 Å². The number of carbonyl (C=O) groups is 1. The van der Waals surface area contributed by atoms with Crippen molar-refractivity contribution in [1.82, 2.24) is 9.78 Å². The summed E-state index contributed by atoms with van der Waals surface area (Å²) in [5.41, 5.74) is 2.92. The van der Waals surface area contributed by atoms with E-state index in [0.717, 1.165) is 21.2 Å². The normalized spacial score (nSPS) is 11.7. The van der Waals surface area contributed by atoms with Crippen LogP contribution in [0.5, 0.6) is 17.2 Å². The Bertz CT molecular complexity index is 1080. The zero-order chi connectivity index (χ0) is 22.5. The van der Waals surface area contributed by atoms with Gasteiger partial charge in [-0.25, -0.2) is 4.68 Å². The fourth-order valence-electron chi connectivity index (χ4n) is 3.08. The second-order valence-electron chi connectivity index (χ2n) is 7.21. The van der Waals surface area contributed by atoms with Crippen LogP contribution in [0, 0.1) is 13.8 Å². The summed E-state index contributed by atoms with van der Waals surface area (Å²) in [5, 5.41) is 7.36. The van der Waals surface area contributed by atoms with E-state index in [-0.39, 0.29) is 5.91 Å². The quantitative estimate of drug-likeness (QED) is 0.496. The maximum absolute atomic E-state index is 12.8. The second kappa shape index (κ2) is 9.87. The Kier molecular flexibility index (Phi) is 7.22. The molecule has 0 aliphatic rings. The van der Waals surface area contributed by atoms with Crippen molar-refractivity contribution in [3.8, 4) is 17.2 Å². The summed E-state index contributed by atoms with van der Waals surface area (Å²) in [6.07, 6.45) is 1.03. The van der Waals surface area contributed by atoms with E-state index >= 15 is 0 Å². The van der Waals surface area contributed by atoms with Gasteiger partial charge in [0.15, 0.2) is 17.6 Å². The molecular weight excluding hydrogens is 462 g/mol. The lowest BCUT2D eigenvalue weighted by molar-refractivity contribution is -0.122. The highest BCUT2D eigenvalue weighted by Gasteiger charge is 2.19. The van der Waals surface area contributed by atoms with Gasteiger partial charge in [-0.2, -0.15) is 5.10 Å². The van der Waals surface area contributed by atoms with E-state index in [1.54, 1.807) is 32.0 Å². The maximum Gasteiger partial charge on any atom is 0.266 e. The lowest BCUT2D eigenvalue weighted by Crippen LogP contribution is -2.31. The van der Waals surface area contributed by atoms with Gasteiger partial charge in [-0.05, 0) is 72.1 Å². The predicted molar refractivity (Wildman–Crippen MR) is 123 cm³/mol. The largest absolute Gasteiger partial charge is 0.493 e. The lowest BCUT2D eigenvalue weighted by atomic mass is 10.2. The second-order valence-corrected chi connectivity index (χ2v) is 8.06. The standard InChI is InChI=1S/C23H26BrN3O4/c1-14-6-8-19(18(24)10-14)31-16(3)23(28)26-22-15(2)12-25-27(22)13-17-7-9-20(29-4)21(11-17)30-5/h6-12,16H,13H2,1-5H3,(H,26,28). The highest BCUT2D eigenvalue weighted by atomic mass is 79.9. The van der Waals surface area contributed by atoms with Crippen molar-refractivity contribution >= 4 is 27.7 Å². The minimum atomic E-state index is -0.692. The molecule has 0 fully saturated rings. The molecule has 0 saturated carbocycles. The van der Waals surface area contributed by atoms with Crippen molar-refractivity contribution in [1.29, 1.82) is 0 Å². The molecule has 0 spiro atoms. The van der Waals surface area contributed by atoms with Gasteiger partial charge in [-0.1, -0.05) is 12.1 Å². The first-order chi connectivity index (χ1) is 14.8. The zero-order valence-electron chi connectivity index (χ0n) is 18.2. The van der Waals surface area contributed by atoms with Crippen LogP contribution in [0.4, 0.5) is 5.82 Å². The van der Waals surface area contributed by atoms with Crippen LogP contribution in [-0.4, -0.2) is 36.0 Å². The van der Waals surface area contributed by atoms with Gasteiger partial charge >= 0.3 is 0 Å². The van der Waals surface area contributed by atoms with Crippen LogP contribution in [-0.2, 0) is 11.3 Å². The molecule has 31 heavy (non-hydrogen) atoms. The van der Waals surface area contributed by atoms with E-state index in [4.69, 9.17) is 14.2 Å². The number of halogens is 1. The topological polar surface area (TPSA) is 74.6 Å². The number of anilines is 1. The molecule has 1 N–H and O–H groups in total. The first kappa shape index (κ1) is 22.7. The molecule has 0 radical (unpaired) electrons. The Morgan fingerprint density at radius 3 is 2.48 bits per heavy atom. The van der Waals surface area contributed by atoms with Crippen molar-refractivity contribution in [2.24, 2.45) is 0 Å². The van der Waals surface area contributed by atoms with Crippen molar-refractivity contribution in [2.75, 3.05) is 19.5 Å². The molecule has 0 saturated heterocycles. The van der Waals surface area contributed by atoms with Gasteiger partial charge in [0, 0.05) is 5.56 Å². The molecule has 2 aromatic carbocycles. The fourth-order valence-corrected chi connectivity index (χ4v) is 3.66. The zero-order valence-corrected chi connectivity index (χ0v) is 19.8. The van der Waals surface area contributed by atoms with Gasteiger partial charge in [0.1, 0.15) is 11.6 Å². The Hall–Kier alpha value is -3.00. The number of rotatable bonds is 8. The van der Waals surface area contributed by atoms with E-state index < -0.39 is 6.10 Å². The Labute approximate surface area is 190 Å². The van der Waals surface area contributed by atoms with E-state index in [0.29, 0.717) is 29.6 Å². The average Bonchev–Trinajstić information content (AvgIpc) is 3.09. The third kappa shape index (κ3) is 5.38. The summed E-state index contributed by atoms with van der Waals surface area (Å²) < 4.78 is 19.1. The van der Waals surface area contributed by atoms with E-state index in [1.165, 1.54) is 0 Å². The van der Waals surface area contributed by atoms with Crippen LogP contribution in [0.25, 0.3) is 0 Å². The van der Waals surface area contributed by atoms with Gasteiger partial charge in [-0.15, -0.1) is 0 Å². The van der Waals surface area contributed by atoms with Gasteiger partial charge in [0.2, 0.25) is 0 Å². The minimum Gasteiger partial charge on any atom is -0.493 e. The lowest BCUT2D eigenvalue weighted by Gasteiger charge is -2.17. The van der Waals surface area contributed by atoms with Crippen LogP contribution in [0.3, 0.4) is 0 Å². The number of carbonyl (C=O) groups excluding carboxylic acids is 1. The summed E-state index contributed by atoms with van der Waals surface area (Å²) in [6, 6.07) is 11.4. The summed E-state index contributed by atoms with van der Waals surface area (Å²) in [7, 11) is 3.19. The highest BCUT2D eigenvalue weighted by molar-refractivity contribution is 9.10. The molecule has 1 aromatic heterocycles. The SMILES string of the molecule is COc1ccc(Cn2ncc(C)c2NC(=O)C(C)Oc2ccc(C)cc2Br)cc1OC. The van der Waals surface area contributed by atoms with Gasteiger partial charge in [-0.3, -0.25) is 4.79 Å². The summed E-state index contributed by atoms with van der Waals surface area (Å²) in [5.74, 6) is 2.27. The molecule has 164 valence electrons. The van der Waals surface area contributed by atoms with Crippen LogP contribution in [0.1, 0.15) is 23.6 Å². The fraction of sp³-hybridized carbons (Fsp3) is 0.304. The van der Waals surface area contributed by atoms with Crippen LogP contribution < -0.4 is 19.5 Å². The number of amides is 1. The molecular formula is C23H26BrN3O4. The molecule has 3 aromatic rings. The highest BCUT2D eigenvalue weighted by Crippen LogP contribution is 2.29. The molecule has 7 nitrogen and oxygen atoms in total. The van der Waals surface area contributed by atoms with Gasteiger partial charge < -0.3 is 19.5 Å². The predicted octanol–water partition coefficient (Wildman–Crippen LogP) is 4.73. The molecule has 3 rings (SSSR count). The molecule has 1 heterocycles. The number of methoxy groups -OCH3 is 2. The van der Waals surface area contributed by atoms with Gasteiger partial charge in [0.05, 0.1) is 31.4 Å². The van der Waals surface area contributed by atoms with Crippen LogP contribution in [0.15, 0.2) is 47.1 Å². The number of ether oxygens (including phenoxy) is 3. The Morgan fingerprint density at radius 1 is 1.10 bits per heavy atom. The van der Waals surface area contributed by atoms with Crippen molar-refractivity contribution in [3.63, 3.8) is 0 Å². The third-order valence-electron chi connectivity index (χ3n) is 4.80. The third-order valence-corrected chi connectivity index (χ3v) is 5.42.